The topological polar surface area (TPSA) is 55.3 Å². The molecule has 4 nitrogen and oxygen atoms in total. The van der Waals surface area contributed by atoms with Crippen LogP contribution in [0.25, 0.3) is 11.1 Å². The predicted octanol–water partition coefficient (Wildman–Crippen LogP) is 3.82. The van der Waals surface area contributed by atoms with Gasteiger partial charge in [-0.15, -0.1) is 0 Å². The third-order valence-electron chi connectivity index (χ3n) is 3.23. The molecular formula is C15H23N3O. The highest BCUT2D eigenvalue weighted by molar-refractivity contribution is 5.78. The fourth-order valence-electron chi connectivity index (χ4n) is 2.07. The van der Waals surface area contributed by atoms with E-state index >= 15 is 0 Å². The first kappa shape index (κ1) is 13.7. The average Bonchev–Trinajstić information content (AvgIpc) is 2.81. The smallest absolute Gasteiger partial charge is 0.298 e. The lowest BCUT2D eigenvalue weighted by atomic mass is 10.3. The minimum atomic E-state index is 0.723. The molecule has 0 saturated carbocycles. The molecule has 0 fully saturated rings. The summed E-state index contributed by atoms with van der Waals surface area (Å²) in [6.45, 7) is 6.40. The van der Waals surface area contributed by atoms with Gasteiger partial charge in [0.25, 0.3) is 6.01 Å². The quantitative estimate of drug-likeness (QED) is 0.770. The number of hydrogen-bond donors (Lipinski definition) is 1. The van der Waals surface area contributed by atoms with Crippen molar-refractivity contribution in [2.75, 3.05) is 23.7 Å². The highest BCUT2D eigenvalue weighted by Gasteiger charge is 2.13. The number of anilines is 2. The lowest BCUT2D eigenvalue weighted by molar-refractivity contribution is 0.549. The van der Waals surface area contributed by atoms with Gasteiger partial charge in [-0.3, -0.25) is 0 Å². The first-order valence-electron chi connectivity index (χ1n) is 7.15. The third-order valence-corrected chi connectivity index (χ3v) is 3.23. The number of oxazole rings is 1. The Hall–Kier alpha value is -1.71. The fourth-order valence-corrected chi connectivity index (χ4v) is 2.07. The van der Waals surface area contributed by atoms with Crippen molar-refractivity contribution >= 4 is 22.8 Å². The van der Waals surface area contributed by atoms with Gasteiger partial charge >= 0.3 is 0 Å². The number of aromatic nitrogens is 1. The highest BCUT2D eigenvalue weighted by Crippen LogP contribution is 2.24. The number of fused-ring (bicyclic) bond motifs is 1. The van der Waals surface area contributed by atoms with Crippen molar-refractivity contribution in [3.8, 4) is 0 Å². The fraction of sp³-hybridized carbons (Fsp3) is 0.533. The Kier molecular flexibility index (Phi) is 4.66. The van der Waals surface area contributed by atoms with E-state index in [1.807, 2.05) is 18.2 Å². The van der Waals surface area contributed by atoms with Gasteiger partial charge in [-0.25, -0.2) is 0 Å². The van der Waals surface area contributed by atoms with Crippen molar-refractivity contribution in [3.05, 3.63) is 18.2 Å². The van der Waals surface area contributed by atoms with Gasteiger partial charge in [0.1, 0.15) is 5.52 Å². The number of nitrogen functional groups attached to an aromatic ring is 1. The van der Waals surface area contributed by atoms with Crippen molar-refractivity contribution in [2.24, 2.45) is 0 Å². The molecule has 0 saturated heterocycles. The lowest BCUT2D eigenvalue weighted by Crippen LogP contribution is -2.25. The molecule has 2 N–H and O–H groups in total. The van der Waals surface area contributed by atoms with Crippen LogP contribution in [-0.4, -0.2) is 18.1 Å². The van der Waals surface area contributed by atoms with Crippen molar-refractivity contribution in [1.82, 2.24) is 4.98 Å². The molecule has 1 aromatic carbocycles. The van der Waals surface area contributed by atoms with Crippen LogP contribution in [-0.2, 0) is 0 Å². The summed E-state index contributed by atoms with van der Waals surface area (Å²) >= 11 is 0. The Morgan fingerprint density at radius 1 is 1.16 bits per heavy atom. The summed E-state index contributed by atoms with van der Waals surface area (Å²) in [5.74, 6) is 0. The van der Waals surface area contributed by atoms with E-state index in [-0.39, 0.29) is 0 Å². The van der Waals surface area contributed by atoms with Crippen LogP contribution >= 0.6 is 0 Å². The number of nitrogens with zero attached hydrogens (tertiary/aromatic N) is 2. The van der Waals surface area contributed by atoms with Gasteiger partial charge in [0, 0.05) is 18.8 Å². The van der Waals surface area contributed by atoms with Gasteiger partial charge in [0.2, 0.25) is 0 Å². The maximum Gasteiger partial charge on any atom is 0.298 e. The molecule has 0 atom stereocenters. The lowest BCUT2D eigenvalue weighted by Gasteiger charge is -2.19. The minimum Gasteiger partial charge on any atom is -0.423 e. The Morgan fingerprint density at radius 3 is 2.47 bits per heavy atom. The van der Waals surface area contributed by atoms with Crippen LogP contribution in [0.4, 0.5) is 11.7 Å². The van der Waals surface area contributed by atoms with Crippen LogP contribution in [0.2, 0.25) is 0 Å². The van der Waals surface area contributed by atoms with E-state index in [9.17, 15) is 0 Å². The summed E-state index contributed by atoms with van der Waals surface area (Å²) in [5, 5.41) is 0. The van der Waals surface area contributed by atoms with E-state index in [0.29, 0.717) is 0 Å². The molecule has 1 aromatic heterocycles. The van der Waals surface area contributed by atoms with Crippen molar-refractivity contribution in [3.63, 3.8) is 0 Å². The Labute approximate surface area is 114 Å². The van der Waals surface area contributed by atoms with Crippen LogP contribution in [0.1, 0.15) is 39.5 Å². The summed E-state index contributed by atoms with van der Waals surface area (Å²) in [6.07, 6.45) is 4.67. The maximum absolute atomic E-state index is 5.84. The molecule has 0 aliphatic heterocycles. The Bertz CT molecular complexity index is 513. The molecule has 2 aromatic rings. The monoisotopic (exact) mass is 261 g/mol. The standard InChI is InChI=1S/C15H23N3O/c1-3-5-9-18(10-6-4-2)15-17-13-11-12(16)7-8-14(13)19-15/h7-8,11H,3-6,9-10,16H2,1-2H3. The molecule has 0 unspecified atom stereocenters. The largest absolute Gasteiger partial charge is 0.423 e. The highest BCUT2D eigenvalue weighted by atomic mass is 16.4. The summed E-state index contributed by atoms with van der Waals surface area (Å²) < 4.78 is 5.84. The second kappa shape index (κ2) is 6.45. The van der Waals surface area contributed by atoms with Gasteiger partial charge in [0.15, 0.2) is 5.58 Å². The number of nitrogens with two attached hydrogens (primary N) is 1. The van der Waals surface area contributed by atoms with Gasteiger partial charge in [0.05, 0.1) is 0 Å². The third kappa shape index (κ3) is 3.40. The molecule has 104 valence electrons. The molecule has 19 heavy (non-hydrogen) atoms. The van der Waals surface area contributed by atoms with Crippen LogP contribution in [0.3, 0.4) is 0 Å². The summed E-state index contributed by atoms with van der Waals surface area (Å²) in [6, 6.07) is 6.32. The molecular weight excluding hydrogens is 238 g/mol. The van der Waals surface area contributed by atoms with E-state index in [2.05, 4.69) is 23.7 Å². The predicted molar refractivity (Wildman–Crippen MR) is 80.5 cm³/mol. The van der Waals surface area contributed by atoms with Gasteiger partial charge < -0.3 is 15.1 Å². The van der Waals surface area contributed by atoms with E-state index in [1.165, 1.54) is 12.8 Å². The summed E-state index contributed by atoms with van der Waals surface area (Å²) in [5.41, 5.74) is 8.15. The second-order valence-corrected chi connectivity index (χ2v) is 4.92. The Balaban J connectivity index is 2.21. The first-order valence-corrected chi connectivity index (χ1v) is 7.15. The first-order chi connectivity index (χ1) is 9.24. The summed E-state index contributed by atoms with van der Waals surface area (Å²) in [4.78, 5) is 6.80. The zero-order valence-corrected chi connectivity index (χ0v) is 11.9. The molecule has 0 aliphatic rings. The molecule has 0 amide bonds. The van der Waals surface area contributed by atoms with Crippen molar-refractivity contribution in [1.29, 1.82) is 0 Å². The van der Waals surface area contributed by atoms with E-state index in [1.54, 1.807) is 0 Å². The zero-order chi connectivity index (χ0) is 13.7. The SMILES string of the molecule is CCCCN(CCCC)c1nc2cc(N)ccc2o1. The maximum atomic E-state index is 5.84. The number of benzene rings is 1. The molecule has 2 rings (SSSR count). The molecule has 1 heterocycles. The van der Waals surface area contributed by atoms with Crippen LogP contribution in [0, 0.1) is 0 Å². The molecule has 0 radical (unpaired) electrons. The number of hydrogen-bond acceptors (Lipinski definition) is 4. The van der Waals surface area contributed by atoms with Gasteiger partial charge in [-0.05, 0) is 31.0 Å². The number of unbranched alkanes of at least 4 members (excludes halogenated alkanes) is 2. The number of rotatable bonds is 7. The van der Waals surface area contributed by atoms with Crippen LogP contribution < -0.4 is 10.6 Å². The van der Waals surface area contributed by atoms with E-state index < -0.39 is 0 Å². The Morgan fingerprint density at radius 2 is 1.84 bits per heavy atom. The molecule has 0 bridgehead atoms. The van der Waals surface area contributed by atoms with Crippen LogP contribution in [0.5, 0.6) is 0 Å². The normalized spacial score (nSPS) is 11.1. The van der Waals surface area contributed by atoms with Crippen molar-refractivity contribution in [2.45, 2.75) is 39.5 Å². The van der Waals surface area contributed by atoms with Gasteiger partial charge in [-0.1, -0.05) is 26.7 Å². The van der Waals surface area contributed by atoms with Crippen molar-refractivity contribution < 1.29 is 4.42 Å². The van der Waals surface area contributed by atoms with E-state index in [4.69, 9.17) is 10.2 Å². The molecule has 0 spiro atoms. The average molecular weight is 261 g/mol. The zero-order valence-electron chi connectivity index (χ0n) is 11.9. The summed E-state index contributed by atoms with van der Waals surface area (Å²) in [7, 11) is 0. The van der Waals surface area contributed by atoms with Gasteiger partial charge in [-0.2, -0.15) is 4.98 Å². The second-order valence-electron chi connectivity index (χ2n) is 4.92. The van der Waals surface area contributed by atoms with Crippen LogP contribution in [0.15, 0.2) is 22.6 Å². The minimum absolute atomic E-state index is 0.723. The van der Waals surface area contributed by atoms with E-state index in [0.717, 1.165) is 48.7 Å². The molecule has 0 aliphatic carbocycles. The molecule has 4 heteroatoms.